The van der Waals surface area contributed by atoms with Crippen LogP contribution >= 0.6 is 0 Å². The summed E-state index contributed by atoms with van der Waals surface area (Å²) in [6.07, 6.45) is 9.20. The molecule has 0 aliphatic heterocycles. The van der Waals surface area contributed by atoms with E-state index in [1.165, 1.54) is 25.7 Å². The Hall–Kier alpha value is -0.300. The van der Waals surface area contributed by atoms with Crippen LogP contribution in [0.15, 0.2) is 12.2 Å². The van der Waals surface area contributed by atoms with Gasteiger partial charge in [0, 0.05) is 5.41 Å². The Kier molecular flexibility index (Phi) is 2.23. The molecule has 74 valence electrons. The first-order valence-corrected chi connectivity index (χ1v) is 5.55. The van der Waals surface area contributed by atoms with Crippen LogP contribution in [0.3, 0.4) is 0 Å². The second-order valence-electron chi connectivity index (χ2n) is 4.92. The molecule has 1 saturated carbocycles. The summed E-state index contributed by atoms with van der Waals surface area (Å²) in [7, 11) is 0. The molecule has 0 heterocycles. The fraction of sp³-hybridized carbons (Fsp3) is 0.833. The summed E-state index contributed by atoms with van der Waals surface area (Å²) in [6, 6.07) is 0. The minimum Gasteiger partial charge on any atom is -0.388 e. The van der Waals surface area contributed by atoms with E-state index in [2.05, 4.69) is 19.9 Å². The molecule has 2 rings (SSSR count). The number of allylic oxidation sites excluding steroid dienone is 1. The van der Waals surface area contributed by atoms with Gasteiger partial charge in [-0.05, 0) is 24.7 Å². The molecule has 0 bridgehead atoms. The molecule has 13 heavy (non-hydrogen) atoms. The highest BCUT2D eigenvalue weighted by Crippen LogP contribution is 2.51. The number of hydrogen-bond acceptors (Lipinski definition) is 1. The van der Waals surface area contributed by atoms with Crippen molar-refractivity contribution in [3.8, 4) is 0 Å². The minimum absolute atomic E-state index is 0.166. The first-order chi connectivity index (χ1) is 6.18. The maximum atomic E-state index is 9.91. The van der Waals surface area contributed by atoms with Crippen molar-refractivity contribution in [3.05, 3.63) is 12.2 Å². The molecule has 1 heteroatoms. The molecule has 4 unspecified atom stereocenters. The minimum atomic E-state index is -0.188. The zero-order chi connectivity index (χ0) is 9.47. The number of rotatable bonds is 1. The van der Waals surface area contributed by atoms with Crippen molar-refractivity contribution < 1.29 is 5.11 Å². The Bertz CT molecular complexity index is 221. The molecule has 0 spiro atoms. The van der Waals surface area contributed by atoms with Crippen molar-refractivity contribution in [3.63, 3.8) is 0 Å². The summed E-state index contributed by atoms with van der Waals surface area (Å²) >= 11 is 0. The van der Waals surface area contributed by atoms with Gasteiger partial charge in [-0.15, -0.1) is 0 Å². The Labute approximate surface area is 80.8 Å². The lowest BCUT2D eigenvalue weighted by molar-refractivity contribution is 0.00227. The Morgan fingerprint density at radius 1 is 1.46 bits per heavy atom. The smallest absolute Gasteiger partial charge is 0.0780 e. The Morgan fingerprint density at radius 2 is 2.23 bits per heavy atom. The van der Waals surface area contributed by atoms with E-state index in [1.807, 2.05) is 6.08 Å². The quantitative estimate of drug-likeness (QED) is 0.615. The van der Waals surface area contributed by atoms with E-state index in [0.717, 1.165) is 5.92 Å². The van der Waals surface area contributed by atoms with E-state index >= 15 is 0 Å². The number of aliphatic hydroxyl groups excluding tert-OH is 1. The van der Waals surface area contributed by atoms with E-state index in [4.69, 9.17) is 0 Å². The predicted octanol–water partition coefficient (Wildman–Crippen LogP) is 2.75. The summed E-state index contributed by atoms with van der Waals surface area (Å²) in [5, 5.41) is 9.91. The highest BCUT2D eigenvalue weighted by molar-refractivity contribution is 5.16. The van der Waals surface area contributed by atoms with Gasteiger partial charge in [-0.25, -0.2) is 0 Å². The normalized spacial score (nSPS) is 49.3. The van der Waals surface area contributed by atoms with Gasteiger partial charge in [-0.3, -0.25) is 0 Å². The van der Waals surface area contributed by atoms with Crippen molar-refractivity contribution in [2.24, 2.45) is 17.3 Å². The van der Waals surface area contributed by atoms with Crippen molar-refractivity contribution >= 4 is 0 Å². The molecule has 0 saturated heterocycles. The third-order valence-corrected chi connectivity index (χ3v) is 4.26. The molecule has 2 aliphatic carbocycles. The van der Waals surface area contributed by atoms with E-state index in [-0.39, 0.29) is 11.5 Å². The maximum Gasteiger partial charge on any atom is 0.0780 e. The summed E-state index contributed by atoms with van der Waals surface area (Å²) in [5.74, 6) is 1.45. The second-order valence-corrected chi connectivity index (χ2v) is 4.92. The Morgan fingerprint density at radius 3 is 2.92 bits per heavy atom. The van der Waals surface area contributed by atoms with Gasteiger partial charge in [0.2, 0.25) is 0 Å². The van der Waals surface area contributed by atoms with Crippen LogP contribution in [0.2, 0.25) is 0 Å². The molecule has 0 aromatic heterocycles. The Balaban J connectivity index is 2.22. The van der Waals surface area contributed by atoms with Crippen LogP contribution in [0.25, 0.3) is 0 Å². The first kappa shape index (κ1) is 9.26. The summed E-state index contributed by atoms with van der Waals surface area (Å²) in [6.45, 7) is 4.53. The molecular formula is C12H20O. The maximum absolute atomic E-state index is 9.91. The van der Waals surface area contributed by atoms with E-state index in [1.54, 1.807) is 0 Å². The van der Waals surface area contributed by atoms with Gasteiger partial charge in [0.1, 0.15) is 0 Å². The van der Waals surface area contributed by atoms with Crippen LogP contribution in [0.1, 0.15) is 39.5 Å². The van der Waals surface area contributed by atoms with E-state index in [9.17, 15) is 5.11 Å². The van der Waals surface area contributed by atoms with Crippen LogP contribution in [0.4, 0.5) is 0 Å². The molecule has 0 aromatic carbocycles. The molecular weight excluding hydrogens is 160 g/mol. The highest BCUT2D eigenvalue weighted by atomic mass is 16.3. The fourth-order valence-electron chi connectivity index (χ4n) is 3.25. The number of fused-ring (bicyclic) bond motifs is 1. The monoisotopic (exact) mass is 180 g/mol. The van der Waals surface area contributed by atoms with Gasteiger partial charge < -0.3 is 5.11 Å². The van der Waals surface area contributed by atoms with Crippen molar-refractivity contribution in [1.82, 2.24) is 0 Å². The van der Waals surface area contributed by atoms with E-state index in [0.29, 0.717) is 5.92 Å². The van der Waals surface area contributed by atoms with E-state index < -0.39 is 0 Å². The molecule has 0 radical (unpaired) electrons. The predicted molar refractivity (Wildman–Crippen MR) is 54.4 cm³/mol. The fourth-order valence-corrected chi connectivity index (χ4v) is 3.25. The zero-order valence-electron chi connectivity index (χ0n) is 8.66. The summed E-state index contributed by atoms with van der Waals surface area (Å²) < 4.78 is 0. The standard InChI is InChI=1S/C12H20O/c1-3-9-5-4-8-12(2)10(9)6-7-11(12)13/h6-7,9-11,13H,3-5,8H2,1-2H3. The second kappa shape index (κ2) is 3.13. The van der Waals surface area contributed by atoms with Gasteiger partial charge in [-0.2, -0.15) is 0 Å². The van der Waals surface area contributed by atoms with Crippen molar-refractivity contribution in [2.75, 3.05) is 0 Å². The molecule has 0 amide bonds. The molecule has 1 fully saturated rings. The third kappa shape index (κ3) is 1.25. The zero-order valence-corrected chi connectivity index (χ0v) is 8.66. The average Bonchev–Trinajstić information content (AvgIpc) is 2.43. The van der Waals surface area contributed by atoms with Crippen LogP contribution in [-0.2, 0) is 0 Å². The molecule has 1 N–H and O–H groups in total. The lowest BCUT2D eigenvalue weighted by Crippen LogP contribution is -2.39. The SMILES string of the molecule is CCC1CCCC2(C)C(O)C=CC12. The molecule has 4 atom stereocenters. The molecule has 1 nitrogen and oxygen atoms in total. The largest absolute Gasteiger partial charge is 0.388 e. The van der Waals surface area contributed by atoms with Gasteiger partial charge in [-0.1, -0.05) is 38.8 Å². The first-order valence-electron chi connectivity index (χ1n) is 5.55. The molecule has 0 aromatic rings. The number of aliphatic hydroxyl groups is 1. The lowest BCUT2D eigenvalue weighted by atomic mass is 9.62. The van der Waals surface area contributed by atoms with Gasteiger partial charge in [0.15, 0.2) is 0 Å². The third-order valence-electron chi connectivity index (χ3n) is 4.26. The number of hydrogen-bond donors (Lipinski definition) is 1. The van der Waals surface area contributed by atoms with Crippen LogP contribution in [-0.4, -0.2) is 11.2 Å². The van der Waals surface area contributed by atoms with Gasteiger partial charge >= 0.3 is 0 Å². The van der Waals surface area contributed by atoms with Gasteiger partial charge in [0.25, 0.3) is 0 Å². The van der Waals surface area contributed by atoms with Crippen molar-refractivity contribution in [1.29, 1.82) is 0 Å². The average molecular weight is 180 g/mol. The van der Waals surface area contributed by atoms with Crippen LogP contribution < -0.4 is 0 Å². The summed E-state index contributed by atoms with van der Waals surface area (Å²) in [4.78, 5) is 0. The van der Waals surface area contributed by atoms with Crippen LogP contribution in [0.5, 0.6) is 0 Å². The van der Waals surface area contributed by atoms with Gasteiger partial charge in [0.05, 0.1) is 6.10 Å². The molecule has 2 aliphatic rings. The lowest BCUT2D eigenvalue weighted by Gasteiger charge is -2.43. The highest BCUT2D eigenvalue weighted by Gasteiger charge is 2.47. The topological polar surface area (TPSA) is 20.2 Å². The van der Waals surface area contributed by atoms with Crippen molar-refractivity contribution in [2.45, 2.75) is 45.6 Å². The van der Waals surface area contributed by atoms with Crippen LogP contribution in [0, 0.1) is 17.3 Å². The summed E-state index contributed by atoms with van der Waals surface area (Å²) in [5.41, 5.74) is 0.166.